The summed E-state index contributed by atoms with van der Waals surface area (Å²) in [5, 5.41) is 6.82. The first-order chi connectivity index (χ1) is 25.8. The van der Waals surface area contributed by atoms with Crippen molar-refractivity contribution in [3.05, 3.63) is 150 Å². The molecule has 0 amide bonds. The summed E-state index contributed by atoms with van der Waals surface area (Å²) in [6.07, 6.45) is 0. The van der Waals surface area contributed by atoms with Crippen molar-refractivity contribution in [2.75, 3.05) is 4.90 Å². The van der Waals surface area contributed by atoms with Gasteiger partial charge in [0.2, 0.25) is 0 Å². The number of hydrogen-bond acceptors (Lipinski definition) is 3. The molecule has 0 unspecified atom stereocenters. The van der Waals surface area contributed by atoms with Crippen molar-refractivity contribution < 1.29 is 8.83 Å². The van der Waals surface area contributed by atoms with Crippen LogP contribution in [0.5, 0.6) is 0 Å². The molecule has 1 aliphatic rings. The van der Waals surface area contributed by atoms with Gasteiger partial charge >= 0.3 is 0 Å². The van der Waals surface area contributed by atoms with Crippen molar-refractivity contribution in [1.82, 2.24) is 0 Å². The van der Waals surface area contributed by atoms with Gasteiger partial charge in [0.1, 0.15) is 16.7 Å². The van der Waals surface area contributed by atoms with Crippen molar-refractivity contribution in [2.45, 2.75) is 71.6 Å². The van der Waals surface area contributed by atoms with Crippen molar-refractivity contribution >= 4 is 71.7 Å². The Morgan fingerprint density at radius 2 is 1.17 bits per heavy atom. The van der Waals surface area contributed by atoms with Crippen molar-refractivity contribution in [1.29, 1.82) is 0 Å². The Morgan fingerprint density at radius 3 is 1.98 bits per heavy atom. The Labute approximate surface area is 316 Å². The Hall–Kier alpha value is -5.80. The first kappa shape index (κ1) is 32.8. The van der Waals surface area contributed by atoms with Gasteiger partial charge in [-0.05, 0) is 86.5 Å². The molecule has 0 fully saturated rings. The third-order valence-corrected chi connectivity index (χ3v) is 11.9. The summed E-state index contributed by atoms with van der Waals surface area (Å²) >= 11 is 0. The van der Waals surface area contributed by atoms with Crippen molar-refractivity contribution in [2.24, 2.45) is 0 Å². The number of hydrogen-bond donors (Lipinski definition) is 0. The van der Waals surface area contributed by atoms with Gasteiger partial charge < -0.3 is 13.7 Å². The number of nitrogens with zero attached hydrogens (tertiary/aromatic N) is 1. The Balaban J connectivity index is 1.25. The fraction of sp³-hybridized carbons (Fsp3) is 0.216. The van der Waals surface area contributed by atoms with Crippen LogP contribution in [0.25, 0.3) is 65.8 Å². The van der Waals surface area contributed by atoms with E-state index in [9.17, 15) is 0 Å². The second-order valence-corrected chi connectivity index (χ2v) is 17.8. The first-order valence-corrected chi connectivity index (χ1v) is 19.2. The molecule has 3 heteroatoms. The maximum absolute atomic E-state index is 7.14. The molecule has 10 rings (SSSR count). The molecule has 0 bridgehead atoms. The maximum atomic E-state index is 7.14. The normalized spacial score (nSPS) is 14.1. The zero-order chi connectivity index (χ0) is 37.3. The van der Waals surface area contributed by atoms with Crippen molar-refractivity contribution in [3.63, 3.8) is 0 Å². The molecule has 9 aromatic rings. The van der Waals surface area contributed by atoms with Gasteiger partial charge in [0.25, 0.3) is 0 Å². The average Bonchev–Trinajstić information content (AvgIpc) is 3.79. The van der Waals surface area contributed by atoms with E-state index in [0.717, 1.165) is 66.3 Å². The lowest BCUT2D eigenvalue weighted by Crippen LogP contribution is -2.16. The summed E-state index contributed by atoms with van der Waals surface area (Å²) < 4.78 is 13.9. The smallest absolute Gasteiger partial charge is 0.159 e. The van der Waals surface area contributed by atoms with Crippen LogP contribution in [0.3, 0.4) is 0 Å². The standard InChI is InChI=1S/C51H45NO2/c1-49(2,3)31-26-40-38-17-13-19-44(48(38)54-47(40)43(27-31)50(4,5)6)52(32-21-24-36-35-16-11-12-18-41(35)51(7,8)42(36)28-32)33-22-25-37-39-23-20-30-14-9-10-15-34(30)46(39)53-45(37)29-33/h9-29H,1-8H3. The van der Waals surface area contributed by atoms with E-state index in [2.05, 4.69) is 188 Å². The monoisotopic (exact) mass is 703 g/mol. The average molecular weight is 704 g/mol. The summed E-state index contributed by atoms with van der Waals surface area (Å²) in [5.74, 6) is 0. The topological polar surface area (TPSA) is 29.5 Å². The summed E-state index contributed by atoms with van der Waals surface area (Å²) in [6.45, 7) is 18.4. The molecule has 54 heavy (non-hydrogen) atoms. The number of anilines is 3. The van der Waals surface area contributed by atoms with Gasteiger partial charge in [0, 0.05) is 49.7 Å². The van der Waals surface area contributed by atoms with E-state index in [4.69, 9.17) is 8.83 Å². The third kappa shape index (κ3) is 4.73. The van der Waals surface area contributed by atoms with E-state index in [1.807, 2.05) is 0 Å². The molecule has 0 radical (unpaired) electrons. The lowest BCUT2D eigenvalue weighted by molar-refractivity contribution is 0.559. The molecule has 7 aromatic carbocycles. The predicted octanol–water partition coefficient (Wildman–Crippen LogP) is 15.0. The van der Waals surface area contributed by atoms with Crippen molar-refractivity contribution in [3.8, 4) is 11.1 Å². The maximum Gasteiger partial charge on any atom is 0.159 e. The van der Waals surface area contributed by atoms with Crippen LogP contribution in [-0.4, -0.2) is 0 Å². The highest BCUT2D eigenvalue weighted by atomic mass is 16.3. The Morgan fingerprint density at radius 1 is 0.481 bits per heavy atom. The molecule has 0 atom stereocenters. The largest absolute Gasteiger partial charge is 0.455 e. The van der Waals surface area contributed by atoms with E-state index in [-0.39, 0.29) is 16.2 Å². The molecule has 0 aliphatic heterocycles. The van der Waals surface area contributed by atoms with E-state index in [1.54, 1.807) is 0 Å². The predicted molar refractivity (Wildman–Crippen MR) is 228 cm³/mol. The van der Waals surface area contributed by atoms with Gasteiger partial charge in [0.05, 0.1) is 11.4 Å². The van der Waals surface area contributed by atoms with Crippen LogP contribution in [0.15, 0.2) is 136 Å². The zero-order valence-corrected chi connectivity index (χ0v) is 32.4. The molecular formula is C51H45NO2. The number of furan rings is 2. The summed E-state index contributed by atoms with van der Waals surface area (Å²) in [6, 6.07) is 46.6. The first-order valence-electron chi connectivity index (χ1n) is 19.2. The lowest BCUT2D eigenvalue weighted by atomic mass is 9.79. The van der Waals surface area contributed by atoms with Crippen LogP contribution in [0.2, 0.25) is 0 Å². The molecular weight excluding hydrogens is 659 g/mol. The second-order valence-electron chi connectivity index (χ2n) is 17.8. The van der Waals surface area contributed by atoms with Gasteiger partial charge in [-0.25, -0.2) is 0 Å². The summed E-state index contributed by atoms with van der Waals surface area (Å²) in [7, 11) is 0. The molecule has 266 valence electrons. The van der Waals surface area contributed by atoms with Crippen LogP contribution < -0.4 is 4.90 Å². The highest BCUT2D eigenvalue weighted by molar-refractivity contribution is 6.16. The molecule has 0 saturated heterocycles. The summed E-state index contributed by atoms with van der Waals surface area (Å²) in [4.78, 5) is 2.37. The second kappa shape index (κ2) is 11.1. The molecule has 0 N–H and O–H groups in total. The molecule has 2 heterocycles. The van der Waals surface area contributed by atoms with E-state index >= 15 is 0 Å². The van der Waals surface area contributed by atoms with Gasteiger partial charge in [0.15, 0.2) is 5.58 Å². The molecule has 1 aliphatic carbocycles. The fourth-order valence-electron chi connectivity index (χ4n) is 8.94. The van der Waals surface area contributed by atoms with E-state index in [0.29, 0.717) is 0 Å². The molecule has 0 spiro atoms. The fourth-order valence-corrected chi connectivity index (χ4v) is 8.94. The third-order valence-electron chi connectivity index (χ3n) is 11.9. The van der Waals surface area contributed by atoms with Gasteiger partial charge in [-0.2, -0.15) is 0 Å². The van der Waals surface area contributed by atoms with Gasteiger partial charge in [-0.3, -0.25) is 0 Å². The Kier molecular flexibility index (Phi) is 6.76. The number of rotatable bonds is 3. The lowest BCUT2D eigenvalue weighted by Gasteiger charge is -2.28. The van der Waals surface area contributed by atoms with Gasteiger partial charge in [-0.1, -0.05) is 134 Å². The quantitative estimate of drug-likeness (QED) is 0.183. The minimum atomic E-state index is -0.145. The molecule has 2 aromatic heterocycles. The van der Waals surface area contributed by atoms with E-state index in [1.165, 1.54) is 38.8 Å². The van der Waals surface area contributed by atoms with Crippen LogP contribution >= 0.6 is 0 Å². The van der Waals surface area contributed by atoms with Gasteiger partial charge in [-0.15, -0.1) is 0 Å². The van der Waals surface area contributed by atoms with Crippen LogP contribution in [-0.2, 0) is 16.2 Å². The highest BCUT2D eigenvalue weighted by Gasteiger charge is 2.36. The minimum absolute atomic E-state index is 0.0104. The zero-order valence-electron chi connectivity index (χ0n) is 32.4. The number of benzene rings is 7. The SMILES string of the molecule is CC(C)(C)c1cc(C(C)(C)C)c2oc3c(N(c4ccc5c(c4)C(C)(C)c4ccccc4-5)c4ccc5c(c4)oc4c6ccccc6ccc54)cccc3c2c1. The highest BCUT2D eigenvalue weighted by Crippen LogP contribution is 2.52. The van der Waals surface area contributed by atoms with E-state index < -0.39 is 0 Å². The number of fused-ring (bicyclic) bond motifs is 11. The minimum Gasteiger partial charge on any atom is -0.455 e. The number of para-hydroxylation sites is 1. The summed E-state index contributed by atoms with van der Waals surface area (Å²) in [5.41, 5.74) is 14.3. The van der Waals surface area contributed by atoms with Crippen LogP contribution in [0.4, 0.5) is 17.1 Å². The van der Waals surface area contributed by atoms with Crippen LogP contribution in [0.1, 0.15) is 77.6 Å². The van der Waals surface area contributed by atoms with Crippen LogP contribution in [0, 0.1) is 0 Å². The Bertz CT molecular complexity index is 2990. The molecule has 0 saturated carbocycles. The molecule has 3 nitrogen and oxygen atoms in total.